The fraction of sp³-hybridized carbons (Fsp3) is 0.385. The highest BCUT2D eigenvalue weighted by Gasteiger charge is 2.16. The average molecular weight is 284 g/mol. The summed E-state index contributed by atoms with van der Waals surface area (Å²) in [7, 11) is 0. The van der Waals surface area contributed by atoms with Crippen molar-refractivity contribution in [3.8, 4) is 0 Å². The van der Waals surface area contributed by atoms with Crippen molar-refractivity contribution in [1.82, 2.24) is 10.6 Å². The molecule has 2 N–H and O–H groups in total. The van der Waals surface area contributed by atoms with Crippen LogP contribution in [0.5, 0.6) is 0 Å². The van der Waals surface area contributed by atoms with Gasteiger partial charge in [0.1, 0.15) is 0 Å². The van der Waals surface area contributed by atoms with E-state index in [1.165, 1.54) is 0 Å². The van der Waals surface area contributed by atoms with Crippen LogP contribution in [-0.4, -0.2) is 18.0 Å². The summed E-state index contributed by atoms with van der Waals surface area (Å²) in [5.41, 5.74) is 0.758. The number of carbonyl (C=O) groups excluding carboxylic acids is 2. The van der Waals surface area contributed by atoms with E-state index in [2.05, 4.69) is 10.6 Å². The third kappa shape index (κ3) is 4.79. The van der Waals surface area contributed by atoms with Crippen LogP contribution in [0.1, 0.15) is 19.4 Å². The molecule has 0 aliphatic carbocycles. The van der Waals surface area contributed by atoms with Crippen LogP contribution < -0.4 is 15.7 Å². The van der Waals surface area contributed by atoms with E-state index in [-0.39, 0.29) is 12.5 Å². The maximum absolute atomic E-state index is 11.6. The first-order chi connectivity index (χ1) is 8.91. The number of halogens is 1. The van der Waals surface area contributed by atoms with Crippen molar-refractivity contribution in [3.05, 3.63) is 34.9 Å². The Bertz CT molecular complexity index is 463. The van der Waals surface area contributed by atoms with E-state index in [0.29, 0.717) is 5.02 Å². The Kier molecular flexibility index (Phi) is 5.63. The highest BCUT2D eigenvalue weighted by Crippen LogP contribution is 2.14. The molecule has 1 aromatic rings. The highest BCUT2D eigenvalue weighted by molar-refractivity contribution is 6.31. The molecule has 19 heavy (non-hydrogen) atoms. The molecular weight excluding hydrogens is 268 g/mol. The van der Waals surface area contributed by atoms with Gasteiger partial charge in [-0.15, -0.1) is 0 Å². The molecule has 5 nitrogen and oxygen atoms in total. The van der Waals surface area contributed by atoms with Crippen molar-refractivity contribution in [2.75, 3.05) is 0 Å². The molecule has 0 spiro atoms. The van der Waals surface area contributed by atoms with E-state index in [4.69, 9.17) is 11.6 Å². The van der Waals surface area contributed by atoms with Gasteiger partial charge in [-0.05, 0) is 17.5 Å². The average Bonchev–Trinajstić information content (AvgIpc) is 2.34. The van der Waals surface area contributed by atoms with Gasteiger partial charge in [-0.2, -0.15) is 0 Å². The van der Waals surface area contributed by atoms with Gasteiger partial charge < -0.3 is 20.5 Å². The number of aliphatic carboxylic acids is 1. The zero-order valence-corrected chi connectivity index (χ0v) is 11.5. The van der Waals surface area contributed by atoms with Gasteiger partial charge in [0.15, 0.2) is 0 Å². The minimum Gasteiger partial charge on any atom is -0.548 e. The van der Waals surface area contributed by atoms with Crippen molar-refractivity contribution in [2.24, 2.45) is 5.92 Å². The summed E-state index contributed by atoms with van der Waals surface area (Å²) in [5, 5.41) is 16.3. The van der Waals surface area contributed by atoms with Crippen LogP contribution in [0.3, 0.4) is 0 Å². The first-order valence-corrected chi connectivity index (χ1v) is 6.28. The molecule has 6 heteroatoms. The van der Waals surface area contributed by atoms with Gasteiger partial charge in [-0.3, -0.25) is 0 Å². The van der Waals surface area contributed by atoms with Crippen molar-refractivity contribution < 1.29 is 14.7 Å². The van der Waals surface area contributed by atoms with Crippen LogP contribution in [0.15, 0.2) is 24.3 Å². The number of amides is 2. The monoisotopic (exact) mass is 283 g/mol. The lowest BCUT2D eigenvalue weighted by Crippen LogP contribution is -2.53. The van der Waals surface area contributed by atoms with Crippen molar-refractivity contribution in [1.29, 1.82) is 0 Å². The lowest BCUT2D eigenvalue weighted by Gasteiger charge is -2.23. The fourth-order valence-electron chi connectivity index (χ4n) is 1.51. The van der Waals surface area contributed by atoms with E-state index in [9.17, 15) is 14.7 Å². The molecule has 104 valence electrons. The fourth-order valence-corrected chi connectivity index (χ4v) is 1.71. The Morgan fingerprint density at radius 3 is 2.47 bits per heavy atom. The summed E-state index contributed by atoms with van der Waals surface area (Å²) in [6.45, 7) is 3.60. The van der Waals surface area contributed by atoms with Crippen LogP contribution in [-0.2, 0) is 11.3 Å². The molecule has 0 unspecified atom stereocenters. The predicted octanol–water partition coefficient (Wildman–Crippen LogP) is 0.914. The standard InChI is InChI=1S/C13H17ClN2O3/c1-8(2)11(12(17)18)16-13(19)15-7-9-5-3-4-6-10(9)14/h3-6,8,11H,7H2,1-2H3,(H,17,18)(H2,15,16,19)/p-1/t11-/m0/s1. The van der Waals surface area contributed by atoms with Gasteiger partial charge >= 0.3 is 6.03 Å². The van der Waals surface area contributed by atoms with Crippen LogP contribution in [0, 0.1) is 5.92 Å². The molecule has 0 bridgehead atoms. The quantitative estimate of drug-likeness (QED) is 0.843. The Labute approximate surface area is 117 Å². The number of nitrogens with one attached hydrogen (secondary N) is 2. The van der Waals surface area contributed by atoms with E-state index >= 15 is 0 Å². The molecular formula is C13H16ClN2O3-. The summed E-state index contributed by atoms with van der Waals surface area (Å²) in [6, 6.07) is 5.50. The van der Waals surface area contributed by atoms with E-state index in [1.54, 1.807) is 38.1 Å². The molecule has 0 aliphatic rings. The number of carboxylic acid groups (broad SMARTS) is 1. The second kappa shape index (κ2) is 6.99. The first kappa shape index (κ1) is 15.3. The number of benzene rings is 1. The third-order valence-electron chi connectivity index (χ3n) is 2.60. The molecule has 0 fully saturated rings. The molecule has 0 aliphatic heterocycles. The summed E-state index contributed by atoms with van der Waals surface area (Å²) in [6.07, 6.45) is 0. The topological polar surface area (TPSA) is 81.3 Å². The van der Waals surface area contributed by atoms with E-state index < -0.39 is 18.0 Å². The van der Waals surface area contributed by atoms with Crippen LogP contribution in [0.4, 0.5) is 4.79 Å². The minimum absolute atomic E-state index is 0.226. The van der Waals surface area contributed by atoms with E-state index in [0.717, 1.165) is 5.56 Å². The van der Waals surface area contributed by atoms with Crippen LogP contribution >= 0.6 is 11.6 Å². The Morgan fingerprint density at radius 1 is 1.32 bits per heavy atom. The second-order valence-electron chi connectivity index (χ2n) is 4.46. The molecule has 2 amide bonds. The SMILES string of the molecule is CC(C)[C@H](NC(=O)NCc1ccccc1Cl)C(=O)[O-]. The maximum Gasteiger partial charge on any atom is 0.315 e. The van der Waals surface area contributed by atoms with Gasteiger partial charge in [0.25, 0.3) is 0 Å². The normalized spacial score (nSPS) is 12.0. The van der Waals surface area contributed by atoms with Gasteiger partial charge in [-0.1, -0.05) is 43.6 Å². The summed E-state index contributed by atoms with van der Waals surface area (Å²) in [4.78, 5) is 22.4. The van der Waals surface area contributed by atoms with Gasteiger partial charge in [0.2, 0.25) is 0 Å². The van der Waals surface area contributed by atoms with Crippen molar-refractivity contribution in [2.45, 2.75) is 26.4 Å². The number of hydrogen-bond donors (Lipinski definition) is 2. The van der Waals surface area contributed by atoms with Crippen molar-refractivity contribution in [3.63, 3.8) is 0 Å². The summed E-state index contributed by atoms with van der Waals surface area (Å²) < 4.78 is 0. The predicted molar refractivity (Wildman–Crippen MR) is 70.5 cm³/mol. The lowest BCUT2D eigenvalue weighted by atomic mass is 10.1. The van der Waals surface area contributed by atoms with Gasteiger partial charge in [0.05, 0.1) is 12.0 Å². The lowest BCUT2D eigenvalue weighted by molar-refractivity contribution is -0.309. The number of rotatable bonds is 5. The largest absolute Gasteiger partial charge is 0.548 e. The number of hydrogen-bond acceptors (Lipinski definition) is 3. The molecule has 1 aromatic carbocycles. The molecule has 0 heterocycles. The zero-order valence-electron chi connectivity index (χ0n) is 10.8. The Balaban J connectivity index is 2.52. The van der Waals surface area contributed by atoms with Crippen LogP contribution in [0.2, 0.25) is 5.02 Å². The summed E-state index contributed by atoms with van der Waals surface area (Å²) >= 11 is 5.94. The Hall–Kier alpha value is -1.75. The maximum atomic E-state index is 11.6. The third-order valence-corrected chi connectivity index (χ3v) is 2.97. The molecule has 0 radical (unpaired) electrons. The summed E-state index contributed by atoms with van der Waals surface area (Å²) in [5.74, 6) is -1.56. The highest BCUT2D eigenvalue weighted by atomic mass is 35.5. The first-order valence-electron chi connectivity index (χ1n) is 5.90. The molecule has 1 atom stereocenters. The minimum atomic E-state index is -1.30. The zero-order chi connectivity index (χ0) is 14.4. The van der Waals surface area contributed by atoms with E-state index in [1.807, 2.05) is 0 Å². The van der Waals surface area contributed by atoms with Gasteiger partial charge in [-0.25, -0.2) is 4.79 Å². The van der Waals surface area contributed by atoms with Gasteiger partial charge in [0, 0.05) is 11.6 Å². The molecule has 1 rings (SSSR count). The molecule has 0 saturated heterocycles. The second-order valence-corrected chi connectivity index (χ2v) is 4.87. The Morgan fingerprint density at radius 2 is 1.95 bits per heavy atom. The number of carbonyl (C=O) groups is 2. The molecule has 0 aromatic heterocycles. The van der Waals surface area contributed by atoms with Crippen LogP contribution in [0.25, 0.3) is 0 Å². The number of urea groups is 1. The number of carboxylic acids is 1. The molecule has 0 saturated carbocycles. The smallest absolute Gasteiger partial charge is 0.315 e. The van der Waals surface area contributed by atoms with Crippen molar-refractivity contribution >= 4 is 23.6 Å².